The van der Waals surface area contributed by atoms with Crippen molar-refractivity contribution in [3.05, 3.63) is 74.1 Å². The minimum atomic E-state index is -4.51. The lowest BCUT2D eigenvalue weighted by Crippen LogP contribution is -2.33. The molecule has 0 unspecified atom stereocenters. The Bertz CT molecular complexity index is 1050. The molecule has 3 rings (SSSR count). The maximum absolute atomic E-state index is 13.0. The number of benzene rings is 1. The zero-order valence-electron chi connectivity index (χ0n) is 14.7. The minimum absolute atomic E-state index is 0.101. The van der Waals surface area contributed by atoms with E-state index in [9.17, 15) is 22.8 Å². The number of hydrogen-bond donors (Lipinski definition) is 1. The van der Waals surface area contributed by atoms with Crippen LogP contribution in [0, 0.1) is 6.92 Å². The highest BCUT2D eigenvalue weighted by Gasteiger charge is 2.30. The van der Waals surface area contributed by atoms with Crippen LogP contribution in [0.3, 0.4) is 0 Å². The van der Waals surface area contributed by atoms with Crippen molar-refractivity contribution in [3.8, 4) is 5.69 Å². The molecule has 28 heavy (non-hydrogen) atoms. The summed E-state index contributed by atoms with van der Waals surface area (Å²) < 4.78 is 40.0. The van der Waals surface area contributed by atoms with Crippen LogP contribution in [0.1, 0.15) is 26.8 Å². The molecule has 2 heterocycles. The normalized spacial score (nSPS) is 11.4. The molecule has 6 nitrogen and oxygen atoms in total. The first-order valence-electron chi connectivity index (χ1n) is 8.21. The van der Waals surface area contributed by atoms with Crippen LogP contribution in [0.2, 0.25) is 0 Å². The van der Waals surface area contributed by atoms with E-state index in [1.165, 1.54) is 36.5 Å². The highest BCUT2D eigenvalue weighted by Crippen LogP contribution is 2.30. The molecule has 0 aliphatic rings. The first-order valence-corrected chi connectivity index (χ1v) is 9.09. The van der Waals surface area contributed by atoms with Gasteiger partial charge in [-0.05, 0) is 25.1 Å². The molecule has 2 aromatic heterocycles. The lowest BCUT2D eigenvalue weighted by Gasteiger charge is -2.13. The molecule has 1 N–H and O–H groups in total. The van der Waals surface area contributed by atoms with Gasteiger partial charge >= 0.3 is 6.18 Å². The van der Waals surface area contributed by atoms with Gasteiger partial charge in [0.25, 0.3) is 5.91 Å². The van der Waals surface area contributed by atoms with E-state index >= 15 is 0 Å². The zero-order valence-corrected chi connectivity index (χ0v) is 15.5. The standard InChI is InChI=1S/C18H15F3N4O2S/c1-11-9-14(26)16(17(27)23-6-5-15-22-7-8-28-15)24-25(11)13-4-2-3-12(10-13)18(19,20)21/h2-4,7-10H,5-6H2,1H3,(H,23,27). The van der Waals surface area contributed by atoms with E-state index < -0.39 is 23.1 Å². The number of nitrogens with one attached hydrogen (secondary N) is 1. The number of thiazole rings is 1. The van der Waals surface area contributed by atoms with Crippen LogP contribution >= 0.6 is 11.3 Å². The van der Waals surface area contributed by atoms with Crippen LogP contribution in [0.25, 0.3) is 5.69 Å². The van der Waals surface area contributed by atoms with Crippen LogP contribution in [-0.2, 0) is 12.6 Å². The van der Waals surface area contributed by atoms with Crippen molar-refractivity contribution >= 4 is 17.2 Å². The van der Waals surface area contributed by atoms with E-state index in [2.05, 4.69) is 15.4 Å². The Balaban J connectivity index is 1.86. The average molecular weight is 408 g/mol. The lowest BCUT2D eigenvalue weighted by atomic mass is 10.2. The summed E-state index contributed by atoms with van der Waals surface area (Å²) in [6, 6.07) is 5.68. The van der Waals surface area contributed by atoms with Gasteiger partial charge in [-0.2, -0.15) is 18.3 Å². The van der Waals surface area contributed by atoms with Crippen LogP contribution in [0.15, 0.2) is 46.7 Å². The molecule has 0 saturated carbocycles. The predicted octanol–water partition coefficient (Wildman–Crippen LogP) is 2.99. The molecule has 10 heteroatoms. The maximum atomic E-state index is 13.0. The molecule has 0 aliphatic carbocycles. The van der Waals surface area contributed by atoms with Crippen molar-refractivity contribution in [2.75, 3.05) is 6.54 Å². The fourth-order valence-corrected chi connectivity index (χ4v) is 3.14. The van der Waals surface area contributed by atoms with Gasteiger partial charge in [0.1, 0.15) is 0 Å². The van der Waals surface area contributed by atoms with E-state index in [0.717, 1.165) is 21.8 Å². The van der Waals surface area contributed by atoms with Crippen LogP contribution in [0.4, 0.5) is 13.2 Å². The number of hydrogen-bond acceptors (Lipinski definition) is 5. The number of aromatic nitrogens is 3. The van der Waals surface area contributed by atoms with Crippen molar-refractivity contribution in [1.82, 2.24) is 20.1 Å². The van der Waals surface area contributed by atoms with E-state index in [0.29, 0.717) is 12.1 Å². The molecular weight excluding hydrogens is 393 g/mol. The summed E-state index contributed by atoms with van der Waals surface area (Å²) >= 11 is 1.44. The Morgan fingerprint density at radius 2 is 2.07 bits per heavy atom. The molecule has 0 aliphatic heterocycles. The van der Waals surface area contributed by atoms with Gasteiger partial charge in [-0.1, -0.05) is 6.07 Å². The second-order valence-corrected chi connectivity index (χ2v) is 6.87. The molecule has 0 atom stereocenters. The molecule has 146 valence electrons. The number of nitrogens with zero attached hydrogens (tertiary/aromatic N) is 3. The molecule has 0 radical (unpaired) electrons. The van der Waals surface area contributed by atoms with Gasteiger partial charge in [-0.3, -0.25) is 9.59 Å². The molecular formula is C18H15F3N4O2S. The maximum Gasteiger partial charge on any atom is 0.416 e. The second kappa shape index (κ2) is 7.93. The summed E-state index contributed by atoms with van der Waals surface area (Å²) in [5, 5.41) is 9.22. The van der Waals surface area contributed by atoms with Crippen molar-refractivity contribution in [3.63, 3.8) is 0 Å². The smallest absolute Gasteiger partial charge is 0.350 e. The Hall–Kier alpha value is -3.01. The van der Waals surface area contributed by atoms with E-state index in [1.54, 1.807) is 6.20 Å². The van der Waals surface area contributed by atoms with Crippen molar-refractivity contribution < 1.29 is 18.0 Å². The third kappa shape index (κ3) is 4.45. The van der Waals surface area contributed by atoms with Gasteiger partial charge in [0.05, 0.1) is 16.3 Å². The number of alkyl halides is 3. The highest BCUT2D eigenvalue weighted by atomic mass is 32.1. The summed E-state index contributed by atoms with van der Waals surface area (Å²) in [6.07, 6.45) is -2.37. The van der Waals surface area contributed by atoms with E-state index in [1.807, 2.05) is 5.38 Å². The van der Waals surface area contributed by atoms with Crippen molar-refractivity contribution in [2.24, 2.45) is 0 Å². The number of amides is 1. The zero-order chi connectivity index (χ0) is 20.3. The lowest BCUT2D eigenvalue weighted by molar-refractivity contribution is -0.137. The third-order valence-corrected chi connectivity index (χ3v) is 4.69. The monoisotopic (exact) mass is 408 g/mol. The van der Waals surface area contributed by atoms with E-state index in [4.69, 9.17) is 0 Å². The molecule has 0 bridgehead atoms. The fraction of sp³-hybridized carbons (Fsp3) is 0.222. The van der Waals surface area contributed by atoms with Gasteiger partial charge < -0.3 is 5.32 Å². The Morgan fingerprint density at radius 1 is 1.29 bits per heavy atom. The summed E-state index contributed by atoms with van der Waals surface area (Å²) in [4.78, 5) is 28.6. The molecule has 0 fully saturated rings. The summed E-state index contributed by atoms with van der Waals surface area (Å²) in [5.41, 5.74) is -1.43. The Morgan fingerprint density at radius 3 is 2.75 bits per heavy atom. The summed E-state index contributed by atoms with van der Waals surface area (Å²) in [6.45, 7) is 1.78. The molecule has 1 amide bonds. The first kappa shape index (κ1) is 19.7. The fourth-order valence-electron chi connectivity index (χ4n) is 2.52. The van der Waals surface area contributed by atoms with Crippen LogP contribution < -0.4 is 10.7 Å². The SMILES string of the molecule is Cc1cc(=O)c(C(=O)NCCc2nccs2)nn1-c1cccc(C(F)(F)F)c1. The minimum Gasteiger partial charge on any atom is -0.350 e. The Kier molecular flexibility index (Phi) is 5.59. The molecule has 3 aromatic rings. The molecule has 0 spiro atoms. The van der Waals surface area contributed by atoms with Crippen molar-refractivity contribution in [2.45, 2.75) is 19.5 Å². The number of carbonyl (C=O) groups excluding carboxylic acids is 1. The number of carbonyl (C=O) groups is 1. The van der Waals surface area contributed by atoms with Gasteiger partial charge in [-0.15, -0.1) is 11.3 Å². The number of rotatable bonds is 5. The molecule has 0 saturated heterocycles. The first-order chi connectivity index (χ1) is 13.3. The topological polar surface area (TPSA) is 76.9 Å². The predicted molar refractivity (Wildman–Crippen MR) is 97.7 cm³/mol. The average Bonchev–Trinajstić information content (AvgIpc) is 3.14. The summed E-state index contributed by atoms with van der Waals surface area (Å²) in [7, 11) is 0. The summed E-state index contributed by atoms with van der Waals surface area (Å²) in [5.74, 6) is -0.692. The molecule has 1 aromatic carbocycles. The van der Waals surface area contributed by atoms with Gasteiger partial charge in [0.2, 0.25) is 5.43 Å². The second-order valence-electron chi connectivity index (χ2n) is 5.89. The van der Waals surface area contributed by atoms with Gasteiger partial charge in [-0.25, -0.2) is 9.67 Å². The van der Waals surface area contributed by atoms with Crippen LogP contribution in [0.5, 0.6) is 0 Å². The third-order valence-electron chi connectivity index (χ3n) is 3.85. The van der Waals surface area contributed by atoms with Gasteiger partial charge in [0, 0.05) is 36.3 Å². The number of halogens is 3. The van der Waals surface area contributed by atoms with Gasteiger partial charge in [0.15, 0.2) is 5.69 Å². The van der Waals surface area contributed by atoms with E-state index in [-0.39, 0.29) is 17.9 Å². The van der Waals surface area contributed by atoms with Crippen molar-refractivity contribution in [1.29, 1.82) is 0 Å². The Labute approximate surface area is 161 Å². The highest BCUT2D eigenvalue weighted by molar-refractivity contribution is 7.09. The largest absolute Gasteiger partial charge is 0.416 e. The number of aryl methyl sites for hydroxylation is 1. The quantitative estimate of drug-likeness (QED) is 0.704. The van der Waals surface area contributed by atoms with Crippen LogP contribution in [-0.4, -0.2) is 27.2 Å².